The van der Waals surface area contributed by atoms with Crippen molar-refractivity contribution in [1.82, 2.24) is 0 Å². The number of benzene rings is 1. The Hall–Kier alpha value is -2.43. The molecule has 0 unspecified atom stereocenters. The molecule has 0 heterocycles. The number of hydrogen-bond donors (Lipinski definition) is 2. The van der Waals surface area contributed by atoms with E-state index in [9.17, 15) is 14.4 Å². The SMILES string of the molecule is C=C(C(=O)Nc1cccc(NC(C)=O)c1)C(=O)C(C)C. The van der Waals surface area contributed by atoms with Gasteiger partial charge in [0.05, 0.1) is 5.57 Å². The van der Waals surface area contributed by atoms with Crippen LogP contribution in [0.3, 0.4) is 0 Å². The molecule has 0 aromatic heterocycles. The highest BCUT2D eigenvalue weighted by molar-refractivity contribution is 6.23. The van der Waals surface area contributed by atoms with Gasteiger partial charge in [-0.1, -0.05) is 26.5 Å². The van der Waals surface area contributed by atoms with Crippen molar-refractivity contribution in [2.75, 3.05) is 10.6 Å². The van der Waals surface area contributed by atoms with E-state index in [2.05, 4.69) is 17.2 Å². The first-order chi connectivity index (χ1) is 9.31. The van der Waals surface area contributed by atoms with Crippen LogP contribution in [0.15, 0.2) is 36.4 Å². The smallest absolute Gasteiger partial charge is 0.258 e. The Labute approximate surface area is 118 Å². The number of anilines is 2. The maximum Gasteiger partial charge on any atom is 0.258 e. The predicted molar refractivity (Wildman–Crippen MR) is 78.4 cm³/mol. The molecule has 0 saturated heterocycles. The zero-order chi connectivity index (χ0) is 15.3. The third-order valence-corrected chi connectivity index (χ3v) is 2.54. The van der Waals surface area contributed by atoms with Crippen LogP contribution in [-0.4, -0.2) is 17.6 Å². The number of nitrogens with one attached hydrogen (secondary N) is 2. The number of carbonyl (C=O) groups excluding carboxylic acids is 3. The summed E-state index contributed by atoms with van der Waals surface area (Å²) in [6.07, 6.45) is 0. The molecule has 0 aliphatic rings. The van der Waals surface area contributed by atoms with Crippen LogP contribution >= 0.6 is 0 Å². The first kappa shape index (κ1) is 15.6. The van der Waals surface area contributed by atoms with E-state index in [1.165, 1.54) is 6.92 Å². The molecule has 2 amide bonds. The molecule has 0 spiro atoms. The fourth-order valence-corrected chi connectivity index (χ4v) is 1.54. The summed E-state index contributed by atoms with van der Waals surface area (Å²) in [6, 6.07) is 6.65. The van der Waals surface area contributed by atoms with Gasteiger partial charge in [-0.3, -0.25) is 14.4 Å². The highest BCUT2D eigenvalue weighted by Gasteiger charge is 2.18. The number of ketones is 1. The summed E-state index contributed by atoms with van der Waals surface area (Å²) in [5.41, 5.74) is 0.972. The molecule has 1 aromatic carbocycles. The Morgan fingerprint density at radius 1 is 1.10 bits per heavy atom. The van der Waals surface area contributed by atoms with Gasteiger partial charge in [0, 0.05) is 24.2 Å². The van der Waals surface area contributed by atoms with Gasteiger partial charge in [-0.05, 0) is 18.2 Å². The molecule has 20 heavy (non-hydrogen) atoms. The minimum atomic E-state index is -0.538. The van der Waals surface area contributed by atoms with Gasteiger partial charge < -0.3 is 10.6 Å². The van der Waals surface area contributed by atoms with Gasteiger partial charge in [0.2, 0.25) is 5.91 Å². The lowest BCUT2D eigenvalue weighted by Crippen LogP contribution is -2.22. The van der Waals surface area contributed by atoms with Gasteiger partial charge in [0.25, 0.3) is 5.91 Å². The molecule has 5 nitrogen and oxygen atoms in total. The molecule has 0 fully saturated rings. The summed E-state index contributed by atoms with van der Waals surface area (Å²) < 4.78 is 0. The number of amides is 2. The molecule has 106 valence electrons. The van der Waals surface area contributed by atoms with Gasteiger partial charge in [-0.15, -0.1) is 0 Å². The van der Waals surface area contributed by atoms with Gasteiger partial charge >= 0.3 is 0 Å². The van der Waals surface area contributed by atoms with Gasteiger partial charge in [0.15, 0.2) is 5.78 Å². The highest BCUT2D eigenvalue weighted by Crippen LogP contribution is 2.16. The Bertz CT molecular complexity index is 562. The lowest BCUT2D eigenvalue weighted by molar-refractivity contribution is -0.122. The quantitative estimate of drug-likeness (QED) is 0.491. The second kappa shape index (κ2) is 6.65. The third kappa shape index (κ3) is 4.35. The van der Waals surface area contributed by atoms with Crippen molar-refractivity contribution in [3.05, 3.63) is 36.4 Å². The van der Waals surface area contributed by atoms with Crippen molar-refractivity contribution in [3.63, 3.8) is 0 Å². The normalized spacial score (nSPS) is 10.0. The van der Waals surface area contributed by atoms with Crippen molar-refractivity contribution < 1.29 is 14.4 Å². The van der Waals surface area contributed by atoms with E-state index >= 15 is 0 Å². The summed E-state index contributed by atoms with van der Waals surface area (Å²) in [4.78, 5) is 34.5. The van der Waals surface area contributed by atoms with E-state index in [0.717, 1.165) is 0 Å². The molecule has 2 N–H and O–H groups in total. The summed E-state index contributed by atoms with van der Waals surface area (Å²) in [7, 11) is 0. The van der Waals surface area contributed by atoms with Crippen LogP contribution in [0, 0.1) is 5.92 Å². The molecule has 0 aliphatic carbocycles. The standard InChI is InChI=1S/C15H18N2O3/c1-9(2)14(19)10(3)15(20)17-13-7-5-6-12(8-13)16-11(4)18/h5-9H,3H2,1-2,4H3,(H,16,18)(H,17,20). The molecule has 5 heteroatoms. The van der Waals surface area contributed by atoms with E-state index in [0.29, 0.717) is 11.4 Å². The van der Waals surface area contributed by atoms with Crippen LogP contribution in [0.25, 0.3) is 0 Å². The summed E-state index contributed by atoms with van der Waals surface area (Å²) in [5.74, 6) is -1.31. The Kier molecular flexibility index (Phi) is 5.20. The summed E-state index contributed by atoms with van der Waals surface area (Å²) >= 11 is 0. The first-order valence-electron chi connectivity index (χ1n) is 6.23. The van der Waals surface area contributed by atoms with Gasteiger partial charge in [-0.2, -0.15) is 0 Å². The Balaban J connectivity index is 2.78. The lowest BCUT2D eigenvalue weighted by atomic mass is 10.0. The second-order valence-electron chi connectivity index (χ2n) is 4.71. The molecule has 0 bridgehead atoms. The molecular weight excluding hydrogens is 256 g/mol. The summed E-state index contributed by atoms with van der Waals surface area (Å²) in [6.45, 7) is 8.32. The molecule has 0 aliphatic heterocycles. The lowest BCUT2D eigenvalue weighted by Gasteiger charge is -2.10. The highest BCUT2D eigenvalue weighted by atomic mass is 16.2. The average molecular weight is 274 g/mol. The van der Waals surface area contributed by atoms with Crippen LogP contribution in [0.1, 0.15) is 20.8 Å². The van der Waals surface area contributed by atoms with Gasteiger partial charge in [0.1, 0.15) is 0 Å². The minimum absolute atomic E-state index is 0.0788. The minimum Gasteiger partial charge on any atom is -0.326 e. The van der Waals surface area contributed by atoms with E-state index in [4.69, 9.17) is 0 Å². The number of rotatable bonds is 5. The largest absolute Gasteiger partial charge is 0.326 e. The fraction of sp³-hybridized carbons (Fsp3) is 0.267. The second-order valence-corrected chi connectivity index (χ2v) is 4.71. The first-order valence-corrected chi connectivity index (χ1v) is 6.23. The average Bonchev–Trinajstić information content (AvgIpc) is 2.36. The molecule has 0 atom stereocenters. The Morgan fingerprint density at radius 2 is 1.65 bits per heavy atom. The molecule has 0 radical (unpaired) electrons. The van der Waals surface area contributed by atoms with Crippen LogP contribution in [0.4, 0.5) is 11.4 Å². The number of hydrogen-bond acceptors (Lipinski definition) is 3. The van der Waals surface area contributed by atoms with Crippen LogP contribution in [0.5, 0.6) is 0 Å². The van der Waals surface area contributed by atoms with Crippen molar-refractivity contribution in [2.24, 2.45) is 5.92 Å². The molecule has 0 saturated carbocycles. The van der Waals surface area contributed by atoms with E-state index < -0.39 is 5.91 Å². The van der Waals surface area contributed by atoms with Crippen LogP contribution < -0.4 is 10.6 Å². The molecule has 1 aromatic rings. The zero-order valence-corrected chi connectivity index (χ0v) is 11.8. The van der Waals surface area contributed by atoms with Crippen molar-refractivity contribution >= 4 is 29.0 Å². The Morgan fingerprint density at radius 3 is 2.15 bits per heavy atom. The van der Waals surface area contributed by atoms with Crippen molar-refractivity contribution in [1.29, 1.82) is 0 Å². The van der Waals surface area contributed by atoms with Gasteiger partial charge in [-0.25, -0.2) is 0 Å². The maximum absolute atomic E-state index is 11.9. The van der Waals surface area contributed by atoms with E-state index in [-0.39, 0.29) is 23.2 Å². The molecule has 1 rings (SSSR count). The van der Waals surface area contributed by atoms with Crippen LogP contribution in [-0.2, 0) is 14.4 Å². The zero-order valence-electron chi connectivity index (χ0n) is 11.8. The topological polar surface area (TPSA) is 75.3 Å². The number of carbonyl (C=O) groups is 3. The fourth-order valence-electron chi connectivity index (χ4n) is 1.54. The monoisotopic (exact) mass is 274 g/mol. The van der Waals surface area contributed by atoms with Crippen molar-refractivity contribution in [3.8, 4) is 0 Å². The molecular formula is C15H18N2O3. The van der Waals surface area contributed by atoms with E-state index in [1.54, 1.807) is 38.1 Å². The number of Topliss-reactive ketones (excluding diaryl/α,β-unsaturated/α-hetero) is 1. The predicted octanol–water partition coefficient (Wildman–Crippen LogP) is 2.36. The van der Waals surface area contributed by atoms with Crippen molar-refractivity contribution in [2.45, 2.75) is 20.8 Å². The maximum atomic E-state index is 11.9. The third-order valence-electron chi connectivity index (χ3n) is 2.54. The van der Waals surface area contributed by atoms with Crippen LogP contribution in [0.2, 0.25) is 0 Å². The summed E-state index contributed by atoms with van der Waals surface area (Å²) in [5, 5.41) is 5.19. The van der Waals surface area contributed by atoms with E-state index in [1.807, 2.05) is 0 Å².